The van der Waals surface area contributed by atoms with Gasteiger partial charge in [-0.3, -0.25) is 0 Å². The molecule has 1 aromatic rings. The fourth-order valence-electron chi connectivity index (χ4n) is 1.52. The van der Waals surface area contributed by atoms with Crippen molar-refractivity contribution in [3.8, 4) is 0 Å². The standard InChI is InChI=1S/C11H16ClFN2/c1-2-6-15(7-5-14)11-4-3-9(12)8-10(11)13/h3-4,8H,2,5-7,14H2,1H3. The van der Waals surface area contributed by atoms with E-state index in [1.54, 1.807) is 12.1 Å². The summed E-state index contributed by atoms with van der Waals surface area (Å²) in [4.78, 5) is 1.94. The summed E-state index contributed by atoms with van der Waals surface area (Å²) in [5.41, 5.74) is 6.06. The summed E-state index contributed by atoms with van der Waals surface area (Å²) in [5, 5.41) is 0.417. The molecule has 0 aliphatic heterocycles. The lowest BCUT2D eigenvalue weighted by Gasteiger charge is -2.24. The Hall–Kier alpha value is -0.800. The van der Waals surface area contributed by atoms with Gasteiger partial charge in [0.05, 0.1) is 5.69 Å². The Morgan fingerprint density at radius 1 is 1.40 bits per heavy atom. The average Bonchev–Trinajstić information content (AvgIpc) is 2.17. The molecule has 4 heteroatoms. The Kier molecular flexibility index (Phi) is 4.85. The van der Waals surface area contributed by atoms with Gasteiger partial charge in [0.25, 0.3) is 0 Å². The van der Waals surface area contributed by atoms with Crippen LogP contribution in [0.15, 0.2) is 18.2 Å². The lowest BCUT2D eigenvalue weighted by atomic mass is 10.2. The second kappa shape index (κ2) is 5.93. The second-order valence-corrected chi connectivity index (χ2v) is 3.81. The molecule has 0 aliphatic carbocycles. The number of rotatable bonds is 5. The Bertz CT molecular complexity index is 311. The number of nitrogens with zero attached hydrogens (tertiary/aromatic N) is 1. The van der Waals surface area contributed by atoms with Crippen LogP contribution in [0.25, 0.3) is 0 Å². The van der Waals surface area contributed by atoms with E-state index in [1.807, 2.05) is 4.90 Å². The first-order valence-corrected chi connectivity index (χ1v) is 5.47. The van der Waals surface area contributed by atoms with Crippen molar-refractivity contribution in [2.45, 2.75) is 13.3 Å². The highest BCUT2D eigenvalue weighted by Crippen LogP contribution is 2.22. The zero-order valence-corrected chi connectivity index (χ0v) is 9.60. The Labute approximate surface area is 94.8 Å². The van der Waals surface area contributed by atoms with Crippen molar-refractivity contribution in [2.75, 3.05) is 24.5 Å². The maximum atomic E-state index is 13.6. The van der Waals surface area contributed by atoms with Gasteiger partial charge in [0, 0.05) is 24.7 Å². The molecule has 0 radical (unpaired) electrons. The molecule has 2 nitrogen and oxygen atoms in total. The normalized spacial score (nSPS) is 10.4. The minimum atomic E-state index is -0.288. The molecule has 0 saturated heterocycles. The summed E-state index contributed by atoms with van der Waals surface area (Å²) in [6, 6.07) is 4.72. The number of hydrogen-bond acceptors (Lipinski definition) is 2. The molecule has 0 atom stereocenters. The second-order valence-electron chi connectivity index (χ2n) is 3.37. The molecule has 0 bridgehead atoms. The lowest BCUT2D eigenvalue weighted by molar-refractivity contribution is 0.615. The zero-order chi connectivity index (χ0) is 11.3. The number of benzene rings is 1. The fraction of sp³-hybridized carbons (Fsp3) is 0.455. The molecule has 0 fully saturated rings. The minimum absolute atomic E-state index is 0.288. The molecule has 0 saturated carbocycles. The Morgan fingerprint density at radius 2 is 2.13 bits per heavy atom. The smallest absolute Gasteiger partial charge is 0.147 e. The van der Waals surface area contributed by atoms with Gasteiger partial charge in [0.2, 0.25) is 0 Å². The van der Waals surface area contributed by atoms with E-state index in [1.165, 1.54) is 6.07 Å². The zero-order valence-electron chi connectivity index (χ0n) is 8.84. The maximum Gasteiger partial charge on any atom is 0.147 e. The van der Waals surface area contributed by atoms with E-state index in [4.69, 9.17) is 17.3 Å². The molecular formula is C11H16ClFN2. The van der Waals surface area contributed by atoms with Crippen LogP contribution in [-0.4, -0.2) is 19.6 Å². The topological polar surface area (TPSA) is 29.3 Å². The molecule has 0 unspecified atom stereocenters. The van der Waals surface area contributed by atoms with Gasteiger partial charge in [-0.2, -0.15) is 0 Å². The third kappa shape index (κ3) is 3.36. The Balaban J connectivity index is 2.89. The molecule has 0 amide bonds. The van der Waals surface area contributed by atoms with Crippen molar-refractivity contribution in [2.24, 2.45) is 5.73 Å². The van der Waals surface area contributed by atoms with E-state index in [-0.39, 0.29) is 5.82 Å². The SMILES string of the molecule is CCCN(CCN)c1ccc(Cl)cc1F. The molecule has 2 N–H and O–H groups in total. The van der Waals surface area contributed by atoms with Gasteiger partial charge in [-0.05, 0) is 24.6 Å². The van der Waals surface area contributed by atoms with Crippen LogP contribution >= 0.6 is 11.6 Å². The largest absolute Gasteiger partial charge is 0.368 e. The van der Waals surface area contributed by atoms with Crippen molar-refractivity contribution < 1.29 is 4.39 Å². The first-order valence-electron chi connectivity index (χ1n) is 5.09. The van der Waals surface area contributed by atoms with Gasteiger partial charge in [-0.25, -0.2) is 4.39 Å². The van der Waals surface area contributed by atoms with Crippen molar-refractivity contribution in [1.29, 1.82) is 0 Å². The molecule has 84 valence electrons. The molecule has 15 heavy (non-hydrogen) atoms. The predicted molar refractivity (Wildman–Crippen MR) is 63.0 cm³/mol. The third-order valence-electron chi connectivity index (χ3n) is 2.14. The van der Waals surface area contributed by atoms with Crippen LogP contribution < -0.4 is 10.6 Å². The molecule has 0 aromatic heterocycles. The van der Waals surface area contributed by atoms with Crippen LogP contribution in [0, 0.1) is 5.82 Å². The van der Waals surface area contributed by atoms with Crippen molar-refractivity contribution >= 4 is 17.3 Å². The molecule has 1 aromatic carbocycles. The van der Waals surface area contributed by atoms with Crippen LogP contribution in [0.1, 0.15) is 13.3 Å². The van der Waals surface area contributed by atoms with Crippen LogP contribution in [0.3, 0.4) is 0 Å². The van der Waals surface area contributed by atoms with E-state index in [0.717, 1.165) is 13.0 Å². The average molecular weight is 231 g/mol. The fourth-order valence-corrected chi connectivity index (χ4v) is 1.67. The van der Waals surface area contributed by atoms with E-state index >= 15 is 0 Å². The van der Waals surface area contributed by atoms with Gasteiger partial charge < -0.3 is 10.6 Å². The highest BCUT2D eigenvalue weighted by Gasteiger charge is 2.10. The van der Waals surface area contributed by atoms with Crippen LogP contribution in [0.2, 0.25) is 5.02 Å². The van der Waals surface area contributed by atoms with Crippen molar-refractivity contribution in [3.05, 3.63) is 29.0 Å². The number of hydrogen-bond donors (Lipinski definition) is 1. The highest BCUT2D eigenvalue weighted by molar-refractivity contribution is 6.30. The lowest BCUT2D eigenvalue weighted by Crippen LogP contribution is -2.30. The minimum Gasteiger partial charge on any atom is -0.368 e. The summed E-state index contributed by atoms with van der Waals surface area (Å²) in [5.74, 6) is -0.288. The van der Waals surface area contributed by atoms with Gasteiger partial charge in [-0.15, -0.1) is 0 Å². The summed E-state index contributed by atoms with van der Waals surface area (Å²) >= 11 is 5.69. The molecule has 0 aliphatic rings. The molecular weight excluding hydrogens is 215 g/mol. The monoisotopic (exact) mass is 230 g/mol. The molecule has 1 rings (SSSR count). The summed E-state index contributed by atoms with van der Waals surface area (Å²) < 4.78 is 13.6. The first kappa shape index (κ1) is 12.3. The van der Waals surface area contributed by atoms with Crippen molar-refractivity contribution in [3.63, 3.8) is 0 Å². The van der Waals surface area contributed by atoms with Crippen LogP contribution in [0.4, 0.5) is 10.1 Å². The maximum absolute atomic E-state index is 13.6. The summed E-state index contributed by atoms with van der Waals surface area (Å²) in [6.07, 6.45) is 0.960. The Morgan fingerprint density at radius 3 is 2.67 bits per heavy atom. The van der Waals surface area contributed by atoms with Gasteiger partial charge in [0.15, 0.2) is 0 Å². The number of halogens is 2. The quantitative estimate of drug-likeness (QED) is 0.843. The van der Waals surface area contributed by atoms with Gasteiger partial charge in [0.1, 0.15) is 5.82 Å². The number of anilines is 1. The number of nitrogens with two attached hydrogens (primary N) is 1. The van der Waals surface area contributed by atoms with Gasteiger partial charge in [-0.1, -0.05) is 18.5 Å². The van der Waals surface area contributed by atoms with Crippen LogP contribution in [0.5, 0.6) is 0 Å². The van der Waals surface area contributed by atoms with Gasteiger partial charge >= 0.3 is 0 Å². The van der Waals surface area contributed by atoms with E-state index in [9.17, 15) is 4.39 Å². The van der Waals surface area contributed by atoms with E-state index in [0.29, 0.717) is 23.8 Å². The van der Waals surface area contributed by atoms with E-state index in [2.05, 4.69) is 6.92 Å². The van der Waals surface area contributed by atoms with E-state index < -0.39 is 0 Å². The highest BCUT2D eigenvalue weighted by atomic mass is 35.5. The first-order chi connectivity index (χ1) is 7.19. The van der Waals surface area contributed by atoms with Crippen LogP contribution in [-0.2, 0) is 0 Å². The van der Waals surface area contributed by atoms with Crippen molar-refractivity contribution in [1.82, 2.24) is 0 Å². The third-order valence-corrected chi connectivity index (χ3v) is 2.38. The molecule has 0 spiro atoms. The summed E-state index contributed by atoms with van der Waals surface area (Å²) in [7, 11) is 0. The molecule has 0 heterocycles. The summed E-state index contributed by atoms with van der Waals surface area (Å²) in [6.45, 7) is 4.03. The predicted octanol–water partition coefficient (Wildman–Crippen LogP) is 2.65.